The van der Waals surface area contributed by atoms with Crippen LogP contribution in [0.15, 0.2) is 31.0 Å². The summed E-state index contributed by atoms with van der Waals surface area (Å²) in [5.41, 5.74) is 0.743. The van der Waals surface area contributed by atoms with E-state index in [1.807, 2.05) is 34.8 Å². The zero-order chi connectivity index (χ0) is 15.5. The molecule has 120 valence electrons. The predicted molar refractivity (Wildman–Crippen MR) is 83.7 cm³/mol. The molecule has 1 aliphatic carbocycles. The number of amides is 1. The van der Waals surface area contributed by atoms with Crippen LogP contribution in [-0.2, 0) is 16.5 Å². The van der Waals surface area contributed by atoms with Gasteiger partial charge in [0.2, 0.25) is 0 Å². The first-order valence-electron chi connectivity index (χ1n) is 7.93. The summed E-state index contributed by atoms with van der Waals surface area (Å²) in [6.45, 7) is 6.26. The average Bonchev–Trinajstić information content (AvgIpc) is 3.12. The summed E-state index contributed by atoms with van der Waals surface area (Å²) in [7, 11) is 1.91. The van der Waals surface area contributed by atoms with Gasteiger partial charge in [-0.2, -0.15) is 0 Å². The molecule has 1 aromatic rings. The van der Waals surface area contributed by atoms with Crippen LogP contribution in [0.2, 0.25) is 0 Å². The second-order valence-corrected chi connectivity index (χ2v) is 6.14. The lowest BCUT2D eigenvalue weighted by Crippen LogP contribution is -2.51. The van der Waals surface area contributed by atoms with Gasteiger partial charge < -0.3 is 18.9 Å². The van der Waals surface area contributed by atoms with E-state index in [-0.39, 0.29) is 18.1 Å². The minimum absolute atomic E-state index is 0.110. The van der Waals surface area contributed by atoms with Crippen molar-refractivity contribution in [2.45, 2.75) is 25.0 Å². The number of aryl methyl sites for hydroxylation is 1. The van der Waals surface area contributed by atoms with Gasteiger partial charge in [0.15, 0.2) is 0 Å². The molecule has 1 aliphatic heterocycles. The molecule has 0 spiro atoms. The Kier molecular flexibility index (Phi) is 4.64. The molecule has 1 aromatic heterocycles. The zero-order valence-electron chi connectivity index (χ0n) is 13.1. The summed E-state index contributed by atoms with van der Waals surface area (Å²) in [5.74, 6) is 0.565. The fraction of sp³-hybridized carbons (Fsp3) is 0.588. The lowest BCUT2D eigenvalue weighted by Gasteiger charge is -2.37. The van der Waals surface area contributed by atoms with E-state index in [9.17, 15) is 4.79 Å². The monoisotopic (exact) mass is 304 g/mol. The number of rotatable bonds is 5. The van der Waals surface area contributed by atoms with Gasteiger partial charge in [-0.3, -0.25) is 4.79 Å². The summed E-state index contributed by atoms with van der Waals surface area (Å²) in [6.07, 6.45) is 5.75. The van der Waals surface area contributed by atoms with Gasteiger partial charge in [0, 0.05) is 26.4 Å². The topological polar surface area (TPSA) is 43.7 Å². The summed E-state index contributed by atoms with van der Waals surface area (Å²) in [5, 5.41) is 0. The highest BCUT2D eigenvalue weighted by Crippen LogP contribution is 2.35. The van der Waals surface area contributed by atoms with Crippen LogP contribution < -0.4 is 0 Å². The quantitative estimate of drug-likeness (QED) is 0.616. The van der Waals surface area contributed by atoms with E-state index < -0.39 is 0 Å². The molecule has 22 heavy (non-hydrogen) atoms. The van der Waals surface area contributed by atoms with E-state index in [1.54, 1.807) is 6.08 Å². The van der Waals surface area contributed by atoms with Gasteiger partial charge in [-0.15, -0.1) is 6.58 Å². The SMILES string of the molecule is C=CCOCC1C[C@@H]2[C@@H](C1)OCCN2C(=O)c1cccn1C. The van der Waals surface area contributed by atoms with E-state index in [0.717, 1.165) is 18.5 Å². The van der Waals surface area contributed by atoms with Crippen molar-refractivity contribution in [2.75, 3.05) is 26.4 Å². The van der Waals surface area contributed by atoms with Crippen molar-refractivity contribution in [3.05, 3.63) is 36.7 Å². The van der Waals surface area contributed by atoms with Crippen LogP contribution in [0.1, 0.15) is 23.3 Å². The molecular formula is C17H24N2O3. The van der Waals surface area contributed by atoms with Crippen molar-refractivity contribution in [2.24, 2.45) is 13.0 Å². The zero-order valence-corrected chi connectivity index (χ0v) is 13.1. The third kappa shape index (κ3) is 2.96. The van der Waals surface area contributed by atoms with Crippen LogP contribution in [0.3, 0.4) is 0 Å². The van der Waals surface area contributed by atoms with Crippen LogP contribution in [0.5, 0.6) is 0 Å². The fourth-order valence-corrected chi connectivity index (χ4v) is 3.59. The Morgan fingerprint density at radius 2 is 2.41 bits per heavy atom. The summed E-state index contributed by atoms with van der Waals surface area (Å²) in [6, 6.07) is 3.96. The van der Waals surface area contributed by atoms with Crippen molar-refractivity contribution < 1.29 is 14.3 Å². The molecule has 1 saturated carbocycles. The Labute approximate surface area is 131 Å². The molecule has 2 fully saturated rings. The third-order valence-corrected chi connectivity index (χ3v) is 4.65. The third-order valence-electron chi connectivity index (χ3n) is 4.65. The van der Waals surface area contributed by atoms with Gasteiger partial charge in [-0.25, -0.2) is 0 Å². The van der Waals surface area contributed by atoms with Crippen molar-refractivity contribution >= 4 is 5.91 Å². The van der Waals surface area contributed by atoms with E-state index in [0.29, 0.717) is 32.3 Å². The molecule has 3 atom stereocenters. The number of carbonyl (C=O) groups excluding carboxylic acids is 1. The normalized spacial score (nSPS) is 27.7. The maximum Gasteiger partial charge on any atom is 0.270 e. The molecule has 2 aliphatic rings. The Morgan fingerprint density at radius 1 is 1.55 bits per heavy atom. The van der Waals surface area contributed by atoms with Gasteiger partial charge in [-0.1, -0.05) is 6.08 Å². The molecule has 1 unspecified atom stereocenters. The first-order valence-corrected chi connectivity index (χ1v) is 7.93. The van der Waals surface area contributed by atoms with Crippen LogP contribution >= 0.6 is 0 Å². The predicted octanol–water partition coefficient (Wildman–Crippen LogP) is 1.85. The fourth-order valence-electron chi connectivity index (χ4n) is 3.59. The molecule has 2 heterocycles. The second-order valence-electron chi connectivity index (χ2n) is 6.14. The summed E-state index contributed by atoms with van der Waals surface area (Å²) in [4.78, 5) is 14.8. The molecular weight excluding hydrogens is 280 g/mol. The number of aromatic nitrogens is 1. The molecule has 5 heteroatoms. The van der Waals surface area contributed by atoms with Crippen LogP contribution in [0.4, 0.5) is 0 Å². The van der Waals surface area contributed by atoms with Crippen molar-refractivity contribution in [3.8, 4) is 0 Å². The highest BCUT2D eigenvalue weighted by molar-refractivity contribution is 5.93. The highest BCUT2D eigenvalue weighted by Gasteiger charge is 2.43. The number of ether oxygens (including phenoxy) is 2. The summed E-state index contributed by atoms with van der Waals surface area (Å²) >= 11 is 0. The molecule has 3 rings (SSSR count). The molecule has 0 bridgehead atoms. The molecule has 1 amide bonds. The van der Waals surface area contributed by atoms with Gasteiger partial charge in [0.05, 0.1) is 25.4 Å². The Morgan fingerprint density at radius 3 is 3.14 bits per heavy atom. The number of carbonyl (C=O) groups is 1. The standard InChI is InChI=1S/C17H24N2O3/c1-3-8-21-12-13-10-15-16(11-13)22-9-7-19(15)17(20)14-5-4-6-18(14)2/h3-6,13,15-16H,1,7-12H2,2H3/t13?,15-,16-/m1/s1. The van der Waals surface area contributed by atoms with E-state index in [1.165, 1.54) is 0 Å². The van der Waals surface area contributed by atoms with E-state index >= 15 is 0 Å². The van der Waals surface area contributed by atoms with E-state index in [2.05, 4.69) is 6.58 Å². The first kappa shape index (κ1) is 15.3. The number of morpholine rings is 1. The summed E-state index contributed by atoms with van der Waals surface area (Å²) < 4.78 is 13.4. The first-order chi connectivity index (χ1) is 10.7. The van der Waals surface area contributed by atoms with Gasteiger partial charge >= 0.3 is 0 Å². The maximum absolute atomic E-state index is 12.8. The van der Waals surface area contributed by atoms with Crippen molar-refractivity contribution in [3.63, 3.8) is 0 Å². The molecule has 0 aromatic carbocycles. The van der Waals surface area contributed by atoms with Crippen molar-refractivity contribution in [1.29, 1.82) is 0 Å². The number of nitrogens with zero attached hydrogens (tertiary/aromatic N) is 2. The Balaban J connectivity index is 1.67. The molecule has 0 N–H and O–H groups in total. The largest absolute Gasteiger partial charge is 0.377 e. The van der Waals surface area contributed by atoms with Crippen LogP contribution in [0, 0.1) is 5.92 Å². The highest BCUT2D eigenvalue weighted by atomic mass is 16.5. The lowest BCUT2D eigenvalue weighted by molar-refractivity contribution is -0.0452. The van der Waals surface area contributed by atoms with Gasteiger partial charge in [0.25, 0.3) is 5.91 Å². The van der Waals surface area contributed by atoms with Crippen molar-refractivity contribution in [1.82, 2.24) is 9.47 Å². The smallest absolute Gasteiger partial charge is 0.270 e. The Hall–Kier alpha value is -1.59. The van der Waals surface area contributed by atoms with E-state index in [4.69, 9.17) is 9.47 Å². The van der Waals surface area contributed by atoms with Gasteiger partial charge in [-0.05, 0) is 30.9 Å². The van der Waals surface area contributed by atoms with Crippen LogP contribution in [-0.4, -0.2) is 53.9 Å². The number of hydrogen-bond donors (Lipinski definition) is 0. The minimum atomic E-state index is 0.110. The number of fused-ring (bicyclic) bond motifs is 1. The average molecular weight is 304 g/mol. The maximum atomic E-state index is 12.8. The molecule has 0 radical (unpaired) electrons. The number of hydrogen-bond acceptors (Lipinski definition) is 3. The lowest BCUT2D eigenvalue weighted by atomic mass is 10.1. The second kappa shape index (κ2) is 6.67. The Bertz CT molecular complexity index is 540. The van der Waals surface area contributed by atoms with Crippen LogP contribution in [0.25, 0.3) is 0 Å². The molecule has 5 nitrogen and oxygen atoms in total. The molecule has 1 saturated heterocycles. The van der Waals surface area contributed by atoms with Gasteiger partial charge in [0.1, 0.15) is 5.69 Å². The minimum Gasteiger partial charge on any atom is -0.377 e.